The molecule has 0 saturated heterocycles. The van der Waals surface area contributed by atoms with E-state index in [1.165, 1.54) is 17.7 Å². The number of allylic oxidation sites excluding steroid dienone is 2. The van der Waals surface area contributed by atoms with Crippen LogP contribution in [-0.4, -0.2) is 30.2 Å². The van der Waals surface area contributed by atoms with E-state index >= 15 is 0 Å². The number of rotatable bonds is 5. The summed E-state index contributed by atoms with van der Waals surface area (Å²) in [4.78, 5) is 26.2. The molecule has 0 aliphatic heterocycles. The predicted molar refractivity (Wildman–Crippen MR) is 141 cm³/mol. The number of hydrogen-bond donors (Lipinski definition) is 2. The van der Waals surface area contributed by atoms with E-state index in [9.17, 15) is 28.2 Å². The molecule has 3 aromatic rings. The lowest BCUT2D eigenvalue weighted by Gasteiger charge is -2.09. The Kier molecular flexibility index (Phi) is 10.6. The highest BCUT2D eigenvalue weighted by Crippen LogP contribution is 2.24. The van der Waals surface area contributed by atoms with Crippen molar-refractivity contribution in [2.75, 3.05) is 0 Å². The van der Waals surface area contributed by atoms with Crippen LogP contribution in [0.1, 0.15) is 43.0 Å². The van der Waals surface area contributed by atoms with Crippen molar-refractivity contribution in [3.63, 3.8) is 0 Å². The van der Waals surface area contributed by atoms with Crippen molar-refractivity contribution < 1.29 is 32.5 Å². The molecule has 0 aromatic heterocycles. The normalized spacial score (nSPS) is 11.3. The van der Waals surface area contributed by atoms with Crippen LogP contribution in [0, 0.1) is 13.8 Å². The topological polar surface area (TPSA) is 215 Å². The molecule has 14 heteroatoms. The second kappa shape index (κ2) is 13.9. The average molecular weight is 551 g/mol. The maximum absolute atomic E-state index is 11.2. The molecule has 0 saturated carbocycles. The Morgan fingerprint density at radius 3 is 1.92 bits per heavy atom. The van der Waals surface area contributed by atoms with Gasteiger partial charge in [0.2, 0.25) is 0 Å². The molecule has 0 atom stereocenters. The molecule has 0 amide bonds. The lowest BCUT2D eigenvalue weighted by molar-refractivity contribution is 0.0994. The van der Waals surface area contributed by atoms with Gasteiger partial charge in [0.05, 0.1) is 4.52 Å². The Hall–Kier alpha value is -5.29. The number of azide groups is 2. The van der Waals surface area contributed by atoms with E-state index in [4.69, 9.17) is 11.1 Å². The summed E-state index contributed by atoms with van der Waals surface area (Å²) in [5.41, 5.74) is 20.4. The molecule has 2 N–H and O–H groups in total. The van der Waals surface area contributed by atoms with E-state index in [1.807, 2.05) is 41.9 Å². The quantitative estimate of drug-likeness (QED) is 0.174. The highest BCUT2D eigenvalue weighted by Gasteiger charge is 2.17. The zero-order chi connectivity index (χ0) is 29.0. The van der Waals surface area contributed by atoms with E-state index in [0.29, 0.717) is 16.9 Å². The molecule has 1 aliphatic rings. The first-order valence-corrected chi connectivity index (χ1v) is 12.3. The van der Waals surface area contributed by atoms with Crippen molar-refractivity contribution in [3.05, 3.63) is 127 Å². The zero-order valence-corrected chi connectivity index (χ0v) is 21.5. The van der Waals surface area contributed by atoms with Gasteiger partial charge in [-0.05, 0) is 83.9 Å². The minimum Gasteiger partial charge on any atom is -0.508 e. The van der Waals surface area contributed by atoms with Gasteiger partial charge in [-0.25, -0.2) is 0 Å². The highest BCUT2D eigenvalue weighted by atomic mass is 32.2. The summed E-state index contributed by atoms with van der Waals surface area (Å²) in [7, 11) is -4.41. The Morgan fingerprint density at radius 1 is 0.846 bits per heavy atom. The van der Waals surface area contributed by atoms with Gasteiger partial charge in [0.15, 0.2) is 11.6 Å². The van der Waals surface area contributed by atoms with Gasteiger partial charge in [-0.2, -0.15) is 8.42 Å². The minimum absolute atomic E-state index is 0.0924. The molecule has 1 aliphatic carbocycles. The number of nitrogens with zero attached hydrogens (tertiary/aromatic N) is 6. The molecule has 3 aromatic carbocycles. The van der Waals surface area contributed by atoms with Crippen molar-refractivity contribution in [1.82, 2.24) is 0 Å². The number of phenols is 2. The number of carbonyl (C=O) groups is 2. The molecule has 0 fully saturated rings. The van der Waals surface area contributed by atoms with Crippen LogP contribution in [0.4, 0.5) is 0 Å². The molecule has 200 valence electrons. The molecule has 0 heterocycles. The molecule has 13 nitrogen and oxygen atoms in total. The van der Waals surface area contributed by atoms with Crippen molar-refractivity contribution in [3.8, 4) is 11.5 Å². The predicted octanol–water partition coefficient (Wildman–Crippen LogP) is 5.71. The van der Waals surface area contributed by atoms with Crippen LogP contribution in [0.15, 0.2) is 82.6 Å². The van der Waals surface area contributed by atoms with Gasteiger partial charge in [0.1, 0.15) is 16.8 Å². The van der Waals surface area contributed by atoms with E-state index in [-0.39, 0.29) is 17.3 Å². The average Bonchev–Trinajstić information content (AvgIpc) is 2.90. The molecule has 0 bridgehead atoms. The van der Waals surface area contributed by atoms with Gasteiger partial charge in [0.25, 0.3) is 0 Å². The van der Waals surface area contributed by atoms with E-state index in [2.05, 4.69) is 14.1 Å². The van der Waals surface area contributed by atoms with Crippen molar-refractivity contribution in [2.45, 2.75) is 20.3 Å². The summed E-state index contributed by atoms with van der Waals surface area (Å²) in [6.07, 6.45) is 3.43. The van der Waals surface area contributed by atoms with Gasteiger partial charge < -0.3 is 14.5 Å². The Bertz CT molecular complexity index is 1570. The van der Waals surface area contributed by atoms with Crippen molar-refractivity contribution in [2.24, 2.45) is 9.80 Å². The summed E-state index contributed by atoms with van der Waals surface area (Å²) in [6, 6.07) is 17.9. The highest BCUT2D eigenvalue weighted by molar-refractivity contribution is 7.85. The summed E-state index contributed by atoms with van der Waals surface area (Å²) in [5.74, 6) is 0.444. The number of carbonyl (C=O) groups excluding carboxylic acids is 2. The monoisotopic (exact) mass is 550 g/mol. The van der Waals surface area contributed by atoms with Crippen molar-refractivity contribution >= 4 is 21.9 Å². The fourth-order valence-electron chi connectivity index (χ4n) is 3.25. The van der Waals surface area contributed by atoms with E-state index in [0.717, 1.165) is 23.1 Å². The molecular weight excluding hydrogens is 528 g/mol. The maximum atomic E-state index is 11.2. The van der Waals surface area contributed by atoms with Gasteiger partial charge in [0, 0.05) is 21.0 Å². The van der Waals surface area contributed by atoms with Crippen molar-refractivity contribution in [1.29, 1.82) is 0 Å². The first-order valence-electron chi connectivity index (χ1n) is 10.9. The van der Waals surface area contributed by atoms with Crippen LogP contribution in [-0.2, 0) is 21.0 Å². The van der Waals surface area contributed by atoms with Gasteiger partial charge in [-0.3, -0.25) is 9.59 Å². The Labute approximate surface area is 223 Å². The first-order chi connectivity index (χ1) is 18.5. The van der Waals surface area contributed by atoms with Gasteiger partial charge in [-0.15, -0.1) is 0 Å². The number of ketones is 2. The zero-order valence-electron chi connectivity index (χ0n) is 20.7. The molecule has 0 spiro atoms. The number of phenolic OH excluding ortho intramolecular Hbond substituents is 2. The summed E-state index contributed by atoms with van der Waals surface area (Å²) in [5, 5.41) is 21.0. The molecule has 0 unspecified atom stereocenters. The molecule has 4 rings (SSSR count). The third-order valence-electron chi connectivity index (χ3n) is 5.13. The number of benzene rings is 3. The number of aromatic hydroxyl groups is 2. The maximum Gasteiger partial charge on any atom is 0.409 e. The van der Waals surface area contributed by atoms with Gasteiger partial charge in [-0.1, -0.05) is 42.5 Å². The smallest absolute Gasteiger partial charge is 0.409 e. The third-order valence-corrected chi connectivity index (χ3v) is 5.66. The van der Waals surface area contributed by atoms with E-state index in [1.54, 1.807) is 42.5 Å². The molecule has 39 heavy (non-hydrogen) atoms. The lowest BCUT2D eigenvalue weighted by atomic mass is 9.95. The molecular formula is C25H22N6O7S. The SMILES string of the molecule is Cc1cc(Cc2ccc(O)cc2)c(C)cc1O.O=C1C=CC(=O)c2ccccc21.[N-]=[N+]=NOS(=O)(=O)N=[N+]=[N-]. The number of aryl methyl sites for hydroxylation is 2. The Balaban J connectivity index is 0.000000215. The van der Waals surface area contributed by atoms with Crippen LogP contribution in [0.5, 0.6) is 11.5 Å². The van der Waals surface area contributed by atoms with Crippen LogP contribution < -0.4 is 0 Å². The number of fused-ring (bicyclic) bond motifs is 1. The van der Waals surface area contributed by atoms with Crippen LogP contribution in [0.2, 0.25) is 0 Å². The third kappa shape index (κ3) is 9.26. The minimum atomic E-state index is -4.41. The van der Waals surface area contributed by atoms with Crippen LogP contribution in [0.3, 0.4) is 0 Å². The first kappa shape index (κ1) is 29.9. The molecule has 0 radical (unpaired) electrons. The Morgan fingerprint density at radius 2 is 1.41 bits per heavy atom. The van der Waals surface area contributed by atoms with Crippen LogP contribution >= 0.6 is 0 Å². The second-order valence-electron chi connectivity index (χ2n) is 7.86. The second-order valence-corrected chi connectivity index (χ2v) is 9.03. The van der Waals surface area contributed by atoms with Gasteiger partial charge >= 0.3 is 10.3 Å². The lowest BCUT2D eigenvalue weighted by Crippen LogP contribution is -2.10. The number of hydrogen-bond acceptors (Lipinski definition) is 8. The largest absolute Gasteiger partial charge is 0.508 e. The summed E-state index contributed by atoms with van der Waals surface area (Å²) < 4.78 is 25.7. The standard InChI is InChI=1S/C15H16O2.C10H6O2.N6O3S/c1-10-8-15(17)11(2)7-13(10)9-12-3-5-14(16)6-4-12;11-9-5-6-10(12)8-4-2-1-3-7(8)9;1-3-5-9-10(7,8)6-4-2/h3-8,16-17H,9H2,1-2H3;1-6H;. The van der Waals surface area contributed by atoms with Crippen LogP contribution in [0.25, 0.3) is 20.9 Å². The van der Waals surface area contributed by atoms with E-state index < -0.39 is 10.3 Å². The summed E-state index contributed by atoms with van der Waals surface area (Å²) >= 11 is 0. The fourth-order valence-corrected chi connectivity index (χ4v) is 3.48. The summed E-state index contributed by atoms with van der Waals surface area (Å²) in [6.45, 7) is 3.89. The fraction of sp³-hybridized carbons (Fsp3) is 0.120.